The van der Waals surface area contributed by atoms with Gasteiger partial charge in [0.05, 0.1) is 6.10 Å². The van der Waals surface area contributed by atoms with Gasteiger partial charge in [-0.05, 0) is 18.8 Å². The van der Waals surface area contributed by atoms with Crippen LogP contribution >= 0.6 is 0 Å². The monoisotopic (exact) mass is 353 g/mol. The van der Waals surface area contributed by atoms with E-state index in [1.54, 1.807) is 4.57 Å². The van der Waals surface area contributed by atoms with Gasteiger partial charge in [0.15, 0.2) is 11.5 Å². The number of imidazole rings is 1. The quantitative estimate of drug-likeness (QED) is 0.846. The van der Waals surface area contributed by atoms with E-state index in [0.717, 1.165) is 12.8 Å². The molecule has 0 bridgehead atoms. The fourth-order valence-corrected chi connectivity index (χ4v) is 2.75. The number of hydrogen-bond donors (Lipinski definition) is 2. The maximum absolute atomic E-state index is 12.1. The molecule has 1 fully saturated rings. The summed E-state index contributed by atoms with van der Waals surface area (Å²) in [5.41, 5.74) is 6.47. The molecule has 2 aromatic heterocycles. The smallest absolute Gasteiger partial charge is 0.329 e. The van der Waals surface area contributed by atoms with Gasteiger partial charge in [0.2, 0.25) is 0 Å². The van der Waals surface area contributed by atoms with Crippen molar-refractivity contribution in [2.75, 3.05) is 5.73 Å². The van der Waals surface area contributed by atoms with Gasteiger partial charge >= 0.3 is 5.69 Å². The van der Waals surface area contributed by atoms with Crippen molar-refractivity contribution in [3.8, 4) is 0 Å². The van der Waals surface area contributed by atoms with Crippen molar-refractivity contribution < 1.29 is 4.74 Å². The van der Waals surface area contributed by atoms with Gasteiger partial charge in [0.1, 0.15) is 18.1 Å². The average Bonchev–Trinajstić information content (AvgIpc) is 3.20. The molecule has 0 saturated carbocycles. The number of H-pyrrole nitrogens is 1. The number of nitrogens with two attached hydrogens (primary N) is 1. The second kappa shape index (κ2) is 11.6. The van der Waals surface area contributed by atoms with E-state index in [4.69, 9.17) is 10.5 Å². The van der Waals surface area contributed by atoms with Crippen LogP contribution in [0.2, 0.25) is 0 Å². The molecule has 0 spiro atoms. The SMILES string of the molecule is CC.CC.CC.CCC1OC(n2c(=O)[nH]c3c(N)ncnc32)CC1C. The number of hydrogen-bond acceptors (Lipinski definition) is 5. The molecule has 3 rings (SSSR count). The molecular weight excluding hydrogens is 318 g/mol. The number of aromatic nitrogens is 4. The van der Waals surface area contributed by atoms with Crippen LogP contribution in [0.15, 0.2) is 11.1 Å². The Bertz CT molecular complexity index is 665. The third kappa shape index (κ3) is 5.04. The van der Waals surface area contributed by atoms with E-state index in [2.05, 4.69) is 28.8 Å². The molecule has 3 atom stereocenters. The van der Waals surface area contributed by atoms with E-state index in [1.807, 2.05) is 41.5 Å². The van der Waals surface area contributed by atoms with Crippen LogP contribution in [0, 0.1) is 5.92 Å². The van der Waals surface area contributed by atoms with Crippen LogP contribution in [0.3, 0.4) is 0 Å². The molecule has 3 N–H and O–H groups in total. The molecule has 25 heavy (non-hydrogen) atoms. The highest BCUT2D eigenvalue weighted by Gasteiger charge is 2.34. The van der Waals surface area contributed by atoms with Crippen LogP contribution in [0.25, 0.3) is 11.2 Å². The highest BCUT2D eigenvalue weighted by Crippen LogP contribution is 2.35. The number of anilines is 1. The summed E-state index contributed by atoms with van der Waals surface area (Å²) in [7, 11) is 0. The lowest BCUT2D eigenvalue weighted by Crippen LogP contribution is -2.22. The zero-order valence-corrected chi connectivity index (χ0v) is 17.0. The summed E-state index contributed by atoms with van der Waals surface area (Å²) in [5.74, 6) is 0.699. The Morgan fingerprint density at radius 3 is 2.36 bits per heavy atom. The van der Waals surface area contributed by atoms with E-state index in [-0.39, 0.29) is 23.8 Å². The predicted molar refractivity (Wildman–Crippen MR) is 105 cm³/mol. The van der Waals surface area contributed by atoms with E-state index >= 15 is 0 Å². The second-order valence-corrected chi connectivity index (χ2v) is 5.01. The molecule has 7 heteroatoms. The summed E-state index contributed by atoms with van der Waals surface area (Å²) in [4.78, 5) is 22.8. The summed E-state index contributed by atoms with van der Waals surface area (Å²) in [6.45, 7) is 16.2. The minimum absolute atomic E-state index is 0.182. The van der Waals surface area contributed by atoms with Gasteiger partial charge in [0, 0.05) is 0 Å². The Morgan fingerprint density at radius 1 is 1.24 bits per heavy atom. The lowest BCUT2D eigenvalue weighted by atomic mass is 10.0. The lowest BCUT2D eigenvalue weighted by Gasteiger charge is -2.13. The summed E-state index contributed by atoms with van der Waals surface area (Å²) in [6, 6.07) is 0. The first-order chi connectivity index (χ1) is 12.1. The van der Waals surface area contributed by atoms with Crippen molar-refractivity contribution >= 4 is 17.0 Å². The van der Waals surface area contributed by atoms with Gasteiger partial charge < -0.3 is 15.5 Å². The van der Waals surface area contributed by atoms with Crippen LogP contribution in [-0.4, -0.2) is 25.6 Å². The van der Waals surface area contributed by atoms with Crippen molar-refractivity contribution in [1.82, 2.24) is 19.5 Å². The summed E-state index contributed by atoms with van der Waals surface area (Å²) in [6.07, 6.45) is 3.00. The Hall–Kier alpha value is -1.89. The zero-order chi connectivity index (χ0) is 19.6. The standard InChI is InChI=1S/C12H17N5O2.3C2H6/c1-3-7-6(2)4-8(19-7)17-11-9(16-12(17)18)10(13)14-5-15-11;3*1-2/h5-8H,3-4H2,1-2H3,(H,16,18)(H2,13,14,15);3*1-2H3. The Morgan fingerprint density at radius 2 is 1.84 bits per heavy atom. The van der Waals surface area contributed by atoms with Gasteiger partial charge in [-0.3, -0.25) is 0 Å². The third-order valence-electron chi connectivity index (χ3n) is 3.77. The number of rotatable bonds is 2. The largest absolute Gasteiger partial charge is 0.382 e. The first-order valence-electron chi connectivity index (χ1n) is 9.48. The highest BCUT2D eigenvalue weighted by atomic mass is 16.5. The minimum Gasteiger partial charge on any atom is -0.382 e. The maximum atomic E-state index is 12.1. The van der Waals surface area contributed by atoms with Gasteiger partial charge in [-0.2, -0.15) is 0 Å². The normalized spacial score (nSPS) is 21.4. The summed E-state index contributed by atoms with van der Waals surface area (Å²) in [5, 5.41) is 0. The molecule has 144 valence electrons. The first kappa shape index (κ1) is 23.1. The van der Waals surface area contributed by atoms with Crippen molar-refractivity contribution in [3.63, 3.8) is 0 Å². The van der Waals surface area contributed by atoms with Crippen LogP contribution in [0.4, 0.5) is 5.82 Å². The molecule has 1 aliphatic heterocycles. The predicted octanol–water partition coefficient (Wildman–Crippen LogP) is 4.11. The minimum atomic E-state index is -0.282. The van der Waals surface area contributed by atoms with Crippen molar-refractivity contribution in [2.45, 2.75) is 80.6 Å². The zero-order valence-electron chi connectivity index (χ0n) is 17.0. The first-order valence-corrected chi connectivity index (χ1v) is 9.48. The lowest BCUT2D eigenvalue weighted by molar-refractivity contribution is -0.00464. The van der Waals surface area contributed by atoms with Crippen molar-refractivity contribution in [2.24, 2.45) is 5.92 Å². The van der Waals surface area contributed by atoms with Crippen LogP contribution in [0.1, 0.15) is 74.5 Å². The molecule has 0 amide bonds. The van der Waals surface area contributed by atoms with Crippen LogP contribution < -0.4 is 11.4 Å². The molecule has 2 aromatic rings. The summed E-state index contributed by atoms with van der Waals surface area (Å²) >= 11 is 0. The fraction of sp³-hybridized carbons (Fsp3) is 0.722. The number of nitrogen functional groups attached to an aromatic ring is 1. The highest BCUT2D eigenvalue weighted by molar-refractivity contribution is 5.81. The number of nitrogens with zero attached hydrogens (tertiary/aromatic N) is 3. The van der Waals surface area contributed by atoms with Gasteiger partial charge in [-0.15, -0.1) is 0 Å². The number of nitrogens with one attached hydrogen (secondary N) is 1. The van der Waals surface area contributed by atoms with Crippen molar-refractivity contribution in [3.05, 3.63) is 16.8 Å². The van der Waals surface area contributed by atoms with E-state index in [9.17, 15) is 4.79 Å². The number of ether oxygens (including phenoxy) is 1. The number of aromatic amines is 1. The molecule has 0 aromatic carbocycles. The Balaban J connectivity index is 0.000000871. The van der Waals surface area contributed by atoms with Crippen LogP contribution in [-0.2, 0) is 4.74 Å². The molecule has 1 aliphatic rings. The topological polar surface area (TPSA) is 98.8 Å². The van der Waals surface area contributed by atoms with Gasteiger partial charge in [-0.1, -0.05) is 55.4 Å². The van der Waals surface area contributed by atoms with Crippen molar-refractivity contribution in [1.29, 1.82) is 0 Å². The molecule has 1 saturated heterocycles. The fourth-order valence-electron chi connectivity index (χ4n) is 2.75. The second-order valence-electron chi connectivity index (χ2n) is 5.01. The molecule has 0 radical (unpaired) electrons. The molecule has 3 heterocycles. The molecule has 7 nitrogen and oxygen atoms in total. The van der Waals surface area contributed by atoms with Crippen LogP contribution in [0.5, 0.6) is 0 Å². The Labute approximate surface area is 151 Å². The maximum Gasteiger partial charge on any atom is 0.329 e. The molecule has 3 unspecified atom stereocenters. The van der Waals surface area contributed by atoms with Gasteiger partial charge in [0.25, 0.3) is 0 Å². The Kier molecular flexibility index (Phi) is 10.7. The molecular formula is C18H35N5O2. The average molecular weight is 354 g/mol. The molecule has 0 aliphatic carbocycles. The summed E-state index contributed by atoms with van der Waals surface area (Å²) < 4.78 is 7.48. The van der Waals surface area contributed by atoms with E-state index in [0.29, 0.717) is 17.1 Å². The van der Waals surface area contributed by atoms with E-state index in [1.165, 1.54) is 6.33 Å². The number of fused-ring (bicyclic) bond motifs is 1. The third-order valence-corrected chi connectivity index (χ3v) is 3.77. The van der Waals surface area contributed by atoms with Gasteiger partial charge in [-0.25, -0.2) is 19.3 Å². The van der Waals surface area contributed by atoms with E-state index < -0.39 is 0 Å².